The number of hydrogen-bond acceptors (Lipinski definition) is 14. The number of carbonyl (C=O) groups excluding carboxylic acids is 2. The number of benzene rings is 4. The number of rotatable bonds is 9. The second-order valence-electron chi connectivity index (χ2n) is 11.9. The van der Waals surface area contributed by atoms with Crippen LogP contribution in [0.1, 0.15) is 18.1 Å². The summed E-state index contributed by atoms with van der Waals surface area (Å²) < 4.78 is 29.3. The van der Waals surface area contributed by atoms with Crippen molar-refractivity contribution in [1.29, 1.82) is 0 Å². The van der Waals surface area contributed by atoms with Crippen molar-refractivity contribution in [2.75, 3.05) is 0 Å². The molecule has 14 nitrogen and oxygen atoms in total. The molecule has 1 aromatic heterocycles. The van der Waals surface area contributed by atoms with Gasteiger partial charge in [-0.05, 0) is 78.7 Å². The predicted octanol–water partition coefficient (Wildman–Crippen LogP) is 4.72. The van der Waals surface area contributed by atoms with E-state index in [0.717, 1.165) is 24.3 Å². The zero-order valence-corrected chi connectivity index (χ0v) is 27.7. The maximum absolute atomic E-state index is 14.0. The number of phenolic OH excluding ortho intramolecular Hbond substituents is 5. The standard InChI is InChI=1S/C39H32O14/c1-20-33(47)36(51-30(45)16-6-21-2-10-24(40)11-3-21)38(52-31(46)17-7-22-4-12-25(41)13-5-22)39(49-20)53-37-34(48)32-28(44)18-27(43)19-29(32)50-35(37)23-8-14-26(42)15-9-23/h2-20,33,36,38-44,47H,1H3/b16-6+,17-7+/t20-,33-,36+,38+,39-/m0/s1. The zero-order valence-electron chi connectivity index (χ0n) is 27.7. The van der Waals surface area contributed by atoms with Gasteiger partial charge in [-0.15, -0.1) is 0 Å². The lowest BCUT2D eigenvalue weighted by Gasteiger charge is -2.41. The summed E-state index contributed by atoms with van der Waals surface area (Å²) in [7, 11) is 0. The molecule has 1 fully saturated rings. The molecule has 14 heteroatoms. The van der Waals surface area contributed by atoms with Crippen molar-refractivity contribution >= 4 is 35.1 Å². The Morgan fingerprint density at radius 2 is 1.21 bits per heavy atom. The molecule has 6 rings (SSSR count). The molecule has 5 aromatic rings. The molecule has 1 aliphatic rings. The summed E-state index contributed by atoms with van der Waals surface area (Å²) in [5.74, 6) is -3.89. The third-order valence-electron chi connectivity index (χ3n) is 8.15. The number of aromatic hydroxyl groups is 5. The minimum absolute atomic E-state index is 0.00579. The first-order valence-corrected chi connectivity index (χ1v) is 16.0. The average Bonchev–Trinajstić information content (AvgIpc) is 3.12. The maximum atomic E-state index is 14.0. The minimum atomic E-state index is -1.76. The lowest BCUT2D eigenvalue weighted by molar-refractivity contribution is -0.276. The Morgan fingerprint density at radius 3 is 1.75 bits per heavy atom. The quantitative estimate of drug-likeness (QED) is 0.0894. The van der Waals surface area contributed by atoms with Crippen LogP contribution < -0.4 is 10.2 Å². The van der Waals surface area contributed by atoms with Crippen LogP contribution in [0.25, 0.3) is 34.4 Å². The largest absolute Gasteiger partial charge is 0.508 e. The van der Waals surface area contributed by atoms with Crippen molar-refractivity contribution in [3.8, 4) is 45.8 Å². The molecule has 1 saturated heterocycles. The molecule has 2 heterocycles. The van der Waals surface area contributed by atoms with E-state index in [2.05, 4.69) is 0 Å². The van der Waals surface area contributed by atoms with Gasteiger partial charge in [0.05, 0.1) is 6.10 Å². The fourth-order valence-corrected chi connectivity index (χ4v) is 5.48. The van der Waals surface area contributed by atoms with Crippen LogP contribution in [0.15, 0.2) is 106 Å². The number of aliphatic hydroxyl groups excluding tert-OH is 1. The normalized spacial score (nSPS) is 20.1. The maximum Gasteiger partial charge on any atom is 0.331 e. The number of aliphatic hydroxyl groups is 1. The van der Waals surface area contributed by atoms with Gasteiger partial charge in [0, 0.05) is 29.8 Å². The molecule has 0 radical (unpaired) electrons. The SMILES string of the molecule is C[C@@H]1O[C@@H](Oc2c(-c3ccc(O)cc3)oc3cc(O)cc(O)c3c2=O)[C@H](OC(=O)/C=C/c2ccc(O)cc2)[C@H](OC(=O)/C=C/c2ccc(O)cc2)[C@H]1O. The van der Waals surface area contributed by atoms with Gasteiger partial charge >= 0.3 is 11.9 Å². The van der Waals surface area contributed by atoms with Crippen LogP contribution in [-0.2, 0) is 23.8 Å². The molecular formula is C39H32O14. The number of ether oxygens (including phenoxy) is 4. The highest BCUT2D eigenvalue weighted by molar-refractivity contribution is 5.89. The molecule has 6 N–H and O–H groups in total. The van der Waals surface area contributed by atoms with E-state index in [-0.39, 0.29) is 39.5 Å². The van der Waals surface area contributed by atoms with Crippen LogP contribution in [0, 0.1) is 0 Å². The number of carbonyl (C=O) groups is 2. The van der Waals surface area contributed by atoms with Crippen LogP contribution in [0.4, 0.5) is 0 Å². The molecule has 0 aliphatic carbocycles. The smallest absolute Gasteiger partial charge is 0.331 e. The van der Waals surface area contributed by atoms with E-state index in [9.17, 15) is 45.0 Å². The van der Waals surface area contributed by atoms with E-state index < -0.39 is 65.3 Å². The Hall–Kier alpha value is -6.77. The first kappa shape index (κ1) is 36.0. The predicted molar refractivity (Wildman–Crippen MR) is 188 cm³/mol. The van der Waals surface area contributed by atoms with E-state index in [1.165, 1.54) is 79.7 Å². The highest BCUT2D eigenvalue weighted by atomic mass is 16.7. The molecule has 0 unspecified atom stereocenters. The van der Waals surface area contributed by atoms with Crippen molar-refractivity contribution in [2.45, 2.75) is 37.6 Å². The van der Waals surface area contributed by atoms with Crippen molar-refractivity contribution in [3.05, 3.63) is 118 Å². The highest BCUT2D eigenvalue weighted by Gasteiger charge is 2.50. The monoisotopic (exact) mass is 724 g/mol. The van der Waals surface area contributed by atoms with E-state index in [1.807, 2.05) is 0 Å². The molecule has 0 spiro atoms. The van der Waals surface area contributed by atoms with Crippen LogP contribution in [0.3, 0.4) is 0 Å². The summed E-state index contributed by atoms with van der Waals surface area (Å²) in [5, 5.41) is 60.6. The second-order valence-corrected chi connectivity index (χ2v) is 11.9. The molecule has 5 atom stereocenters. The van der Waals surface area contributed by atoms with Gasteiger partial charge in [-0.25, -0.2) is 9.59 Å². The van der Waals surface area contributed by atoms with Gasteiger partial charge in [-0.3, -0.25) is 4.79 Å². The van der Waals surface area contributed by atoms with Crippen molar-refractivity contribution in [2.24, 2.45) is 0 Å². The summed E-state index contributed by atoms with van der Waals surface area (Å²) in [4.78, 5) is 40.4. The van der Waals surface area contributed by atoms with Crippen molar-refractivity contribution < 1.29 is 63.6 Å². The lowest BCUT2D eigenvalue weighted by atomic mass is 9.99. The fourth-order valence-electron chi connectivity index (χ4n) is 5.48. The minimum Gasteiger partial charge on any atom is -0.508 e. The Bertz CT molecular complexity index is 2240. The van der Waals surface area contributed by atoms with Gasteiger partial charge in [0.15, 0.2) is 11.9 Å². The summed E-state index contributed by atoms with van der Waals surface area (Å²) in [6.45, 7) is 1.43. The number of esters is 2. The van der Waals surface area contributed by atoms with Gasteiger partial charge < -0.3 is 54.0 Å². The summed E-state index contributed by atoms with van der Waals surface area (Å²) in [5.41, 5.74) is 0.103. The molecule has 0 amide bonds. The first-order valence-electron chi connectivity index (χ1n) is 16.0. The fraction of sp³-hybridized carbons (Fsp3) is 0.154. The van der Waals surface area contributed by atoms with Crippen LogP contribution in [0.5, 0.6) is 34.5 Å². The third kappa shape index (κ3) is 8.25. The molecular weight excluding hydrogens is 692 g/mol. The second kappa shape index (κ2) is 15.2. The van der Waals surface area contributed by atoms with Crippen LogP contribution in [0.2, 0.25) is 0 Å². The zero-order chi connectivity index (χ0) is 37.8. The van der Waals surface area contributed by atoms with Gasteiger partial charge in [0.1, 0.15) is 45.8 Å². The molecule has 1 aliphatic heterocycles. The van der Waals surface area contributed by atoms with Gasteiger partial charge in [0.25, 0.3) is 0 Å². The van der Waals surface area contributed by atoms with E-state index in [1.54, 1.807) is 12.1 Å². The molecule has 4 aromatic carbocycles. The average molecular weight is 725 g/mol. The van der Waals surface area contributed by atoms with Crippen molar-refractivity contribution in [3.63, 3.8) is 0 Å². The molecule has 53 heavy (non-hydrogen) atoms. The number of fused-ring (bicyclic) bond motifs is 1. The molecule has 0 saturated carbocycles. The van der Waals surface area contributed by atoms with E-state index >= 15 is 0 Å². The molecule has 0 bridgehead atoms. The van der Waals surface area contributed by atoms with Gasteiger partial charge in [-0.1, -0.05) is 24.3 Å². The van der Waals surface area contributed by atoms with Crippen molar-refractivity contribution in [1.82, 2.24) is 0 Å². The topological polar surface area (TPSA) is 223 Å². The van der Waals surface area contributed by atoms with Gasteiger partial charge in [-0.2, -0.15) is 0 Å². The Kier molecular flexibility index (Phi) is 10.4. The summed E-state index contributed by atoms with van der Waals surface area (Å²) >= 11 is 0. The summed E-state index contributed by atoms with van der Waals surface area (Å²) in [6.07, 6.45) is -3.00. The Morgan fingerprint density at radius 1 is 0.698 bits per heavy atom. The van der Waals surface area contributed by atoms with Crippen LogP contribution >= 0.6 is 0 Å². The summed E-state index contributed by atoms with van der Waals surface area (Å²) in [6, 6.07) is 19.2. The number of phenols is 5. The first-order chi connectivity index (χ1) is 25.4. The van der Waals surface area contributed by atoms with Crippen LogP contribution in [-0.4, -0.2) is 73.3 Å². The third-order valence-corrected chi connectivity index (χ3v) is 8.15. The Labute approximate surface area is 300 Å². The van der Waals surface area contributed by atoms with E-state index in [0.29, 0.717) is 11.1 Å². The molecule has 272 valence electrons. The Balaban J connectivity index is 1.40. The number of hydrogen-bond donors (Lipinski definition) is 6. The lowest BCUT2D eigenvalue weighted by Crippen LogP contribution is -2.61. The van der Waals surface area contributed by atoms with Gasteiger partial charge in [0.2, 0.25) is 23.6 Å². The van der Waals surface area contributed by atoms with E-state index in [4.69, 9.17) is 23.4 Å². The highest BCUT2D eigenvalue weighted by Crippen LogP contribution is 2.38.